The van der Waals surface area contributed by atoms with E-state index in [4.69, 9.17) is 0 Å². The molecule has 0 unspecified atom stereocenters. The van der Waals surface area contributed by atoms with Gasteiger partial charge in [0, 0.05) is 0 Å². The lowest BCUT2D eigenvalue weighted by Gasteiger charge is -2.20. The van der Waals surface area contributed by atoms with Crippen molar-refractivity contribution in [3.8, 4) is 22.3 Å². The molecule has 5 aromatic rings. The summed E-state index contributed by atoms with van der Waals surface area (Å²) in [4.78, 5) is 0. The molecule has 0 spiro atoms. The highest BCUT2D eigenvalue weighted by Crippen LogP contribution is 2.40. The van der Waals surface area contributed by atoms with Crippen molar-refractivity contribution >= 4 is 34.9 Å². The third-order valence-electron chi connectivity index (χ3n) is 6.07. The molecular formula is C28H23B. The van der Waals surface area contributed by atoms with Gasteiger partial charge in [0.15, 0.2) is 0 Å². The van der Waals surface area contributed by atoms with E-state index in [1.165, 1.54) is 60.4 Å². The zero-order chi connectivity index (χ0) is 20.0. The second-order valence-electron chi connectivity index (χ2n) is 7.95. The molecule has 0 aliphatic rings. The summed E-state index contributed by atoms with van der Waals surface area (Å²) in [6, 6.07) is 33.1. The Bertz CT molecular complexity index is 1380. The molecule has 0 saturated heterocycles. The van der Waals surface area contributed by atoms with E-state index in [2.05, 4.69) is 113 Å². The highest BCUT2D eigenvalue weighted by molar-refractivity contribution is 6.38. The van der Waals surface area contributed by atoms with Gasteiger partial charge >= 0.3 is 0 Å². The summed E-state index contributed by atoms with van der Waals surface area (Å²) in [5.41, 5.74) is 9.30. The molecule has 0 amide bonds. The maximum atomic E-state index is 2.29. The summed E-state index contributed by atoms with van der Waals surface area (Å²) >= 11 is 0. The van der Waals surface area contributed by atoms with Crippen LogP contribution in [-0.4, -0.2) is 7.85 Å². The molecule has 0 nitrogen and oxygen atoms in total. The maximum Gasteiger partial charge on any atom is 0.140 e. The predicted molar refractivity (Wildman–Crippen MR) is 130 cm³/mol. The molecule has 0 bridgehead atoms. The first-order chi connectivity index (χ1) is 14.1. The fourth-order valence-corrected chi connectivity index (χ4v) is 4.66. The van der Waals surface area contributed by atoms with Crippen LogP contribution >= 0.6 is 0 Å². The molecule has 0 aromatic heterocycles. The molecule has 5 rings (SSSR count). The number of aryl methyl sites for hydroxylation is 2. The topological polar surface area (TPSA) is 0 Å². The second kappa shape index (κ2) is 6.94. The van der Waals surface area contributed by atoms with Crippen molar-refractivity contribution in [2.75, 3.05) is 0 Å². The van der Waals surface area contributed by atoms with Crippen LogP contribution in [0.3, 0.4) is 0 Å². The van der Waals surface area contributed by atoms with Crippen molar-refractivity contribution in [2.45, 2.75) is 13.8 Å². The summed E-state index contributed by atoms with van der Waals surface area (Å²) in [6.45, 7) is 4.46. The van der Waals surface area contributed by atoms with Crippen LogP contribution in [0.2, 0.25) is 0 Å². The average molecular weight is 370 g/mol. The Morgan fingerprint density at radius 3 is 1.69 bits per heavy atom. The molecule has 0 aliphatic heterocycles. The van der Waals surface area contributed by atoms with Crippen molar-refractivity contribution in [3.05, 3.63) is 102 Å². The Morgan fingerprint density at radius 2 is 1.03 bits per heavy atom. The van der Waals surface area contributed by atoms with E-state index in [0.717, 1.165) is 0 Å². The minimum Gasteiger partial charge on any atom is -0.0806 e. The molecule has 0 saturated carbocycles. The van der Waals surface area contributed by atoms with E-state index in [-0.39, 0.29) is 0 Å². The summed E-state index contributed by atoms with van der Waals surface area (Å²) in [5, 5.41) is 5.21. The van der Waals surface area contributed by atoms with Crippen molar-refractivity contribution < 1.29 is 0 Å². The van der Waals surface area contributed by atoms with Gasteiger partial charge < -0.3 is 0 Å². The van der Waals surface area contributed by atoms with Gasteiger partial charge in [0.1, 0.15) is 7.85 Å². The SMILES string of the molecule is Bc1cccc(-c2c(C)ccc3ccccc23)c1-c1c(C)ccc2ccccc12. The Hall–Kier alpha value is -3.32. The van der Waals surface area contributed by atoms with E-state index < -0.39 is 0 Å². The summed E-state index contributed by atoms with van der Waals surface area (Å²) in [5.74, 6) is 0. The molecular weight excluding hydrogens is 347 g/mol. The molecule has 0 heterocycles. The molecule has 0 fully saturated rings. The number of hydrogen-bond donors (Lipinski definition) is 0. The molecule has 5 aromatic carbocycles. The van der Waals surface area contributed by atoms with Crippen molar-refractivity contribution in [3.63, 3.8) is 0 Å². The summed E-state index contributed by atoms with van der Waals surface area (Å²) < 4.78 is 0. The van der Waals surface area contributed by atoms with Gasteiger partial charge in [0.05, 0.1) is 0 Å². The average Bonchev–Trinajstić information content (AvgIpc) is 2.74. The molecule has 1 heteroatoms. The van der Waals surface area contributed by atoms with Gasteiger partial charge in [0.2, 0.25) is 0 Å². The van der Waals surface area contributed by atoms with Crippen LogP contribution in [0.4, 0.5) is 0 Å². The van der Waals surface area contributed by atoms with Gasteiger partial charge in [0.25, 0.3) is 0 Å². The summed E-state index contributed by atoms with van der Waals surface area (Å²) in [7, 11) is 2.24. The third-order valence-corrected chi connectivity index (χ3v) is 6.07. The van der Waals surface area contributed by atoms with Gasteiger partial charge in [-0.1, -0.05) is 96.5 Å². The lowest BCUT2D eigenvalue weighted by molar-refractivity contribution is 1.47. The first-order valence-corrected chi connectivity index (χ1v) is 10.2. The van der Waals surface area contributed by atoms with Crippen molar-refractivity contribution in [2.24, 2.45) is 0 Å². The number of benzene rings is 5. The number of rotatable bonds is 2. The zero-order valence-corrected chi connectivity index (χ0v) is 17.2. The van der Waals surface area contributed by atoms with Crippen LogP contribution in [0.1, 0.15) is 11.1 Å². The fourth-order valence-electron chi connectivity index (χ4n) is 4.66. The highest BCUT2D eigenvalue weighted by Gasteiger charge is 2.17. The van der Waals surface area contributed by atoms with Crippen molar-refractivity contribution in [1.29, 1.82) is 0 Å². The Kier molecular flexibility index (Phi) is 4.25. The molecule has 0 atom stereocenters. The molecule has 0 N–H and O–H groups in total. The Morgan fingerprint density at radius 1 is 0.483 bits per heavy atom. The van der Waals surface area contributed by atoms with E-state index in [9.17, 15) is 0 Å². The summed E-state index contributed by atoms with van der Waals surface area (Å²) in [6.07, 6.45) is 0. The van der Waals surface area contributed by atoms with Crippen LogP contribution < -0.4 is 5.46 Å². The van der Waals surface area contributed by atoms with Crippen molar-refractivity contribution in [1.82, 2.24) is 0 Å². The lowest BCUT2D eigenvalue weighted by Crippen LogP contribution is -2.09. The van der Waals surface area contributed by atoms with Crippen LogP contribution in [0.15, 0.2) is 91.0 Å². The number of hydrogen-bond acceptors (Lipinski definition) is 0. The molecule has 29 heavy (non-hydrogen) atoms. The van der Waals surface area contributed by atoms with Gasteiger partial charge in [-0.05, 0) is 68.8 Å². The van der Waals surface area contributed by atoms with E-state index in [1.807, 2.05) is 0 Å². The van der Waals surface area contributed by atoms with Crippen LogP contribution in [0.25, 0.3) is 43.8 Å². The minimum atomic E-state index is 1.29. The monoisotopic (exact) mass is 370 g/mol. The maximum absolute atomic E-state index is 2.29. The normalized spacial score (nSPS) is 11.2. The second-order valence-corrected chi connectivity index (χ2v) is 7.95. The van der Waals surface area contributed by atoms with Gasteiger partial charge in [-0.2, -0.15) is 0 Å². The molecule has 0 aliphatic carbocycles. The standard InChI is InChI=1S/C28H23B/c1-18-14-16-20-8-3-5-10-22(20)26(18)24-12-7-13-25(29)28(24)27-19(2)15-17-21-9-4-6-11-23(21)27/h3-17H,29H2,1-2H3. The largest absolute Gasteiger partial charge is 0.140 e. The third kappa shape index (κ3) is 2.86. The quantitative estimate of drug-likeness (QED) is 0.325. The minimum absolute atomic E-state index is 1.29. The first kappa shape index (κ1) is 17.8. The van der Waals surface area contributed by atoms with E-state index in [0.29, 0.717) is 0 Å². The van der Waals surface area contributed by atoms with Gasteiger partial charge in [-0.3, -0.25) is 0 Å². The highest BCUT2D eigenvalue weighted by atomic mass is 14.2. The smallest absolute Gasteiger partial charge is 0.0806 e. The zero-order valence-electron chi connectivity index (χ0n) is 17.2. The van der Waals surface area contributed by atoms with Gasteiger partial charge in [-0.25, -0.2) is 0 Å². The number of fused-ring (bicyclic) bond motifs is 2. The Labute approximate surface area is 173 Å². The van der Waals surface area contributed by atoms with Gasteiger partial charge in [-0.15, -0.1) is 0 Å². The molecule has 0 radical (unpaired) electrons. The molecule has 138 valence electrons. The fraction of sp³-hybridized carbons (Fsp3) is 0.0714. The van der Waals surface area contributed by atoms with Crippen LogP contribution in [0, 0.1) is 13.8 Å². The van der Waals surface area contributed by atoms with E-state index >= 15 is 0 Å². The Balaban J connectivity index is 1.94. The first-order valence-electron chi connectivity index (χ1n) is 10.2. The van der Waals surface area contributed by atoms with Crippen LogP contribution in [-0.2, 0) is 0 Å². The van der Waals surface area contributed by atoms with Crippen LogP contribution in [0.5, 0.6) is 0 Å². The van der Waals surface area contributed by atoms with E-state index in [1.54, 1.807) is 0 Å². The predicted octanol–water partition coefficient (Wildman–Crippen LogP) is 6.20. The lowest BCUT2D eigenvalue weighted by atomic mass is 9.78.